The molecule has 1 unspecified atom stereocenters. The molecule has 1 aromatic heterocycles. The highest BCUT2D eigenvalue weighted by Gasteiger charge is 2.39. The summed E-state index contributed by atoms with van der Waals surface area (Å²) in [7, 11) is -4.00. The number of benzene rings is 2. The van der Waals surface area contributed by atoms with E-state index in [2.05, 4.69) is 0 Å². The summed E-state index contributed by atoms with van der Waals surface area (Å²) >= 11 is 0. The quantitative estimate of drug-likeness (QED) is 0.370. The summed E-state index contributed by atoms with van der Waals surface area (Å²) < 4.78 is 38.5. The summed E-state index contributed by atoms with van der Waals surface area (Å²) in [6.07, 6.45) is 1.55. The number of hydrogen-bond acceptors (Lipinski definition) is 7. The van der Waals surface area contributed by atoms with Gasteiger partial charge in [-0.3, -0.25) is 14.4 Å². The van der Waals surface area contributed by atoms with Gasteiger partial charge in [0, 0.05) is 23.1 Å². The van der Waals surface area contributed by atoms with Crippen LogP contribution in [0.3, 0.4) is 0 Å². The van der Waals surface area contributed by atoms with Crippen LogP contribution in [0.15, 0.2) is 57.8 Å². The van der Waals surface area contributed by atoms with Crippen molar-refractivity contribution in [1.82, 2.24) is 4.31 Å². The second-order valence-electron chi connectivity index (χ2n) is 8.29. The molecule has 0 saturated carbocycles. The standard InChI is InChI=1S/C25H25NO7S/c1-16-20-7-3-4-9-23(20)33-24(16)22(28)15-32-25(29)21-8-5-6-14-26(21)34(30,31)19-12-10-18(11-13-19)17(2)27/h3-4,7,9-13,21H,5-6,8,14-15H2,1-2H3. The highest BCUT2D eigenvalue weighted by Crippen LogP contribution is 2.28. The zero-order chi connectivity index (χ0) is 24.5. The van der Waals surface area contributed by atoms with Crippen molar-refractivity contribution in [3.63, 3.8) is 0 Å². The second kappa shape index (κ2) is 9.52. The first-order valence-electron chi connectivity index (χ1n) is 11.0. The Bertz CT molecular complexity index is 1360. The molecule has 0 spiro atoms. The van der Waals surface area contributed by atoms with Gasteiger partial charge in [-0.1, -0.05) is 30.3 Å². The number of carbonyl (C=O) groups is 3. The number of esters is 1. The van der Waals surface area contributed by atoms with Gasteiger partial charge >= 0.3 is 5.97 Å². The largest absolute Gasteiger partial charge is 0.456 e. The first kappa shape index (κ1) is 23.8. The smallest absolute Gasteiger partial charge is 0.324 e. The number of ketones is 2. The van der Waals surface area contributed by atoms with Crippen molar-refractivity contribution < 1.29 is 32.0 Å². The minimum Gasteiger partial charge on any atom is -0.456 e. The molecule has 0 bridgehead atoms. The molecule has 1 atom stereocenters. The number of fused-ring (bicyclic) bond motifs is 1. The fourth-order valence-corrected chi connectivity index (χ4v) is 5.81. The van der Waals surface area contributed by atoms with E-state index in [0.717, 1.165) is 9.69 Å². The summed E-state index contributed by atoms with van der Waals surface area (Å²) in [5, 5.41) is 0.803. The van der Waals surface area contributed by atoms with Crippen LogP contribution in [-0.4, -0.2) is 49.5 Å². The molecule has 3 aromatic rings. The van der Waals surface area contributed by atoms with Crippen LogP contribution >= 0.6 is 0 Å². The normalized spacial score (nSPS) is 16.9. The number of hydrogen-bond donors (Lipinski definition) is 0. The third-order valence-corrected chi connectivity index (χ3v) is 7.96. The van der Waals surface area contributed by atoms with Crippen molar-refractivity contribution in [2.75, 3.05) is 13.2 Å². The number of nitrogens with zero attached hydrogens (tertiary/aromatic N) is 1. The number of rotatable bonds is 7. The lowest BCUT2D eigenvalue weighted by Gasteiger charge is -2.32. The average molecular weight is 484 g/mol. The van der Waals surface area contributed by atoms with Crippen molar-refractivity contribution in [3.8, 4) is 0 Å². The third-order valence-electron chi connectivity index (χ3n) is 6.04. The summed E-state index contributed by atoms with van der Waals surface area (Å²) in [4.78, 5) is 37.0. The molecule has 1 aliphatic heterocycles. The number of para-hydroxylation sites is 1. The molecule has 4 rings (SSSR count). The van der Waals surface area contributed by atoms with Crippen LogP contribution in [0.2, 0.25) is 0 Å². The Morgan fingerprint density at radius 1 is 1.06 bits per heavy atom. The molecule has 34 heavy (non-hydrogen) atoms. The number of Topliss-reactive ketones (excluding diaryl/α,β-unsaturated/α-hetero) is 2. The molecule has 1 fully saturated rings. The van der Waals surface area contributed by atoms with Gasteiger partial charge in [0.15, 0.2) is 18.2 Å². The Hall–Kier alpha value is -3.30. The first-order valence-corrected chi connectivity index (χ1v) is 12.4. The monoisotopic (exact) mass is 483 g/mol. The SMILES string of the molecule is CC(=O)c1ccc(S(=O)(=O)N2CCCCC2C(=O)OCC(=O)c2oc3ccccc3c2C)cc1. The maximum atomic E-state index is 13.2. The number of aryl methyl sites for hydroxylation is 1. The lowest BCUT2D eigenvalue weighted by atomic mass is 10.1. The van der Waals surface area contributed by atoms with Crippen molar-refractivity contribution in [2.24, 2.45) is 0 Å². The van der Waals surface area contributed by atoms with Gasteiger partial charge < -0.3 is 9.15 Å². The molecule has 2 aromatic carbocycles. The Kier molecular flexibility index (Phi) is 6.67. The van der Waals surface area contributed by atoms with Crippen molar-refractivity contribution >= 4 is 38.5 Å². The molecule has 0 radical (unpaired) electrons. The topological polar surface area (TPSA) is 111 Å². The van der Waals surface area contributed by atoms with Crippen LogP contribution in [0.4, 0.5) is 0 Å². The van der Waals surface area contributed by atoms with Crippen LogP contribution in [0.25, 0.3) is 11.0 Å². The van der Waals surface area contributed by atoms with Gasteiger partial charge in [-0.25, -0.2) is 8.42 Å². The van der Waals surface area contributed by atoms with Gasteiger partial charge in [0.2, 0.25) is 15.8 Å². The lowest BCUT2D eigenvalue weighted by Crippen LogP contribution is -2.48. The van der Waals surface area contributed by atoms with Crippen LogP contribution in [0.5, 0.6) is 0 Å². The Morgan fingerprint density at radius 2 is 1.76 bits per heavy atom. The van der Waals surface area contributed by atoms with E-state index in [-0.39, 0.29) is 23.0 Å². The van der Waals surface area contributed by atoms with E-state index in [0.29, 0.717) is 36.0 Å². The van der Waals surface area contributed by atoms with Crippen LogP contribution in [0, 0.1) is 6.92 Å². The molecular formula is C25H25NO7S. The molecule has 1 saturated heterocycles. The number of piperidine rings is 1. The van der Waals surface area contributed by atoms with Crippen molar-refractivity contribution in [2.45, 2.75) is 44.0 Å². The Morgan fingerprint density at radius 3 is 2.44 bits per heavy atom. The molecule has 2 heterocycles. The van der Waals surface area contributed by atoms with E-state index in [9.17, 15) is 22.8 Å². The number of sulfonamides is 1. The number of carbonyl (C=O) groups excluding carboxylic acids is 3. The van der Waals surface area contributed by atoms with Gasteiger partial charge in [0.05, 0.1) is 4.90 Å². The molecular weight excluding hydrogens is 458 g/mol. The maximum Gasteiger partial charge on any atom is 0.324 e. The van der Waals surface area contributed by atoms with Gasteiger partial charge in [-0.15, -0.1) is 0 Å². The molecule has 8 nitrogen and oxygen atoms in total. The molecule has 0 aliphatic carbocycles. The molecule has 1 aliphatic rings. The number of ether oxygens (including phenoxy) is 1. The Labute approximate surface area is 197 Å². The van der Waals surface area contributed by atoms with E-state index >= 15 is 0 Å². The van der Waals surface area contributed by atoms with Gasteiger partial charge in [-0.2, -0.15) is 4.31 Å². The minimum atomic E-state index is -4.00. The highest BCUT2D eigenvalue weighted by molar-refractivity contribution is 7.89. The summed E-state index contributed by atoms with van der Waals surface area (Å²) in [5.41, 5.74) is 1.62. The van der Waals surface area contributed by atoms with Gasteiger partial charge in [0.1, 0.15) is 11.6 Å². The lowest BCUT2D eigenvalue weighted by molar-refractivity contribution is -0.148. The van der Waals surface area contributed by atoms with Crippen molar-refractivity contribution in [1.29, 1.82) is 0 Å². The van der Waals surface area contributed by atoms with E-state index in [1.54, 1.807) is 19.1 Å². The molecule has 9 heteroatoms. The Balaban J connectivity index is 1.49. The number of furan rings is 1. The average Bonchev–Trinajstić information content (AvgIpc) is 3.19. The first-order chi connectivity index (χ1) is 16.2. The maximum absolute atomic E-state index is 13.2. The summed E-state index contributed by atoms with van der Waals surface area (Å²) in [5.74, 6) is -1.32. The summed E-state index contributed by atoms with van der Waals surface area (Å²) in [6, 6.07) is 11.8. The minimum absolute atomic E-state index is 0.00817. The van der Waals surface area contributed by atoms with Crippen LogP contribution < -0.4 is 0 Å². The van der Waals surface area contributed by atoms with Gasteiger partial charge in [-0.05, 0) is 51.3 Å². The van der Waals surface area contributed by atoms with E-state index in [1.165, 1.54) is 31.2 Å². The highest BCUT2D eigenvalue weighted by atomic mass is 32.2. The molecule has 0 N–H and O–H groups in total. The molecule has 0 amide bonds. The van der Waals surface area contributed by atoms with E-state index in [1.807, 2.05) is 12.1 Å². The predicted octanol–water partition coefficient (Wildman–Crippen LogP) is 3.91. The fourth-order valence-electron chi connectivity index (χ4n) is 4.16. The van der Waals surface area contributed by atoms with Crippen LogP contribution in [-0.2, 0) is 19.6 Å². The van der Waals surface area contributed by atoms with Gasteiger partial charge in [0.25, 0.3) is 0 Å². The van der Waals surface area contributed by atoms with Crippen LogP contribution in [0.1, 0.15) is 52.7 Å². The van der Waals surface area contributed by atoms with E-state index < -0.39 is 34.4 Å². The molecule has 178 valence electrons. The van der Waals surface area contributed by atoms with E-state index in [4.69, 9.17) is 9.15 Å². The zero-order valence-corrected chi connectivity index (χ0v) is 19.8. The third kappa shape index (κ3) is 4.53. The summed E-state index contributed by atoms with van der Waals surface area (Å²) in [6.45, 7) is 2.77. The predicted molar refractivity (Wildman–Crippen MR) is 124 cm³/mol. The van der Waals surface area contributed by atoms with Crippen molar-refractivity contribution in [3.05, 3.63) is 65.4 Å². The zero-order valence-electron chi connectivity index (χ0n) is 18.9. The second-order valence-corrected chi connectivity index (χ2v) is 10.2. The fraction of sp³-hybridized carbons (Fsp3) is 0.320.